The number of morpholine rings is 1. The van der Waals surface area contributed by atoms with Crippen LogP contribution < -0.4 is 15.4 Å². The molecular formula is C21H28FN5O2. The molecule has 156 valence electrons. The Hall–Kier alpha value is -2.71. The maximum Gasteiger partial charge on any atom is 0.191 e. The normalized spacial score (nSPS) is 16.3. The van der Waals surface area contributed by atoms with Gasteiger partial charge in [-0.15, -0.1) is 0 Å². The largest absolute Gasteiger partial charge is 0.497 e. The Morgan fingerprint density at radius 1 is 1.24 bits per heavy atom. The minimum atomic E-state index is -0.333. The summed E-state index contributed by atoms with van der Waals surface area (Å²) in [4.78, 5) is 10.7. The first kappa shape index (κ1) is 21.0. The van der Waals surface area contributed by atoms with Gasteiger partial charge in [0.1, 0.15) is 11.6 Å². The topological polar surface area (TPSA) is 71.0 Å². The molecule has 7 nitrogen and oxygen atoms in total. The first-order valence-corrected chi connectivity index (χ1v) is 9.71. The molecule has 1 aliphatic rings. The highest BCUT2D eigenvalue weighted by molar-refractivity contribution is 5.79. The molecule has 0 spiro atoms. The molecule has 0 aliphatic carbocycles. The molecule has 1 fully saturated rings. The van der Waals surface area contributed by atoms with Crippen molar-refractivity contribution in [1.29, 1.82) is 0 Å². The van der Waals surface area contributed by atoms with Gasteiger partial charge >= 0.3 is 0 Å². The number of methoxy groups -OCH3 is 1. The zero-order valence-electron chi connectivity index (χ0n) is 16.9. The molecule has 0 radical (unpaired) electrons. The fourth-order valence-electron chi connectivity index (χ4n) is 3.30. The highest BCUT2D eigenvalue weighted by Crippen LogP contribution is 2.23. The molecule has 1 unspecified atom stereocenters. The van der Waals surface area contributed by atoms with Crippen molar-refractivity contribution in [3.8, 4) is 5.75 Å². The minimum absolute atomic E-state index is 0.148. The highest BCUT2D eigenvalue weighted by Gasteiger charge is 2.23. The van der Waals surface area contributed by atoms with E-state index < -0.39 is 0 Å². The van der Waals surface area contributed by atoms with Gasteiger partial charge < -0.3 is 20.1 Å². The number of hydrogen-bond donors (Lipinski definition) is 2. The number of aromatic nitrogens is 1. The first-order chi connectivity index (χ1) is 14.2. The summed E-state index contributed by atoms with van der Waals surface area (Å²) in [6.07, 6.45) is 1.58. The van der Waals surface area contributed by atoms with E-state index in [0.29, 0.717) is 18.2 Å². The van der Waals surface area contributed by atoms with Crippen LogP contribution in [-0.2, 0) is 11.3 Å². The lowest BCUT2D eigenvalue weighted by Gasteiger charge is -2.35. The van der Waals surface area contributed by atoms with Crippen LogP contribution >= 0.6 is 0 Å². The Bertz CT molecular complexity index is 794. The smallest absolute Gasteiger partial charge is 0.191 e. The lowest BCUT2D eigenvalue weighted by molar-refractivity contribution is 0.0170. The van der Waals surface area contributed by atoms with Crippen molar-refractivity contribution in [2.75, 3.05) is 47.0 Å². The summed E-state index contributed by atoms with van der Waals surface area (Å²) in [5, 5.41) is 6.49. The lowest BCUT2D eigenvalue weighted by atomic mass is 10.0. The first-order valence-electron chi connectivity index (χ1n) is 9.71. The Labute approximate surface area is 170 Å². The molecule has 1 aliphatic heterocycles. The molecule has 1 aromatic heterocycles. The van der Waals surface area contributed by atoms with Crippen molar-refractivity contribution in [3.05, 3.63) is 59.7 Å². The van der Waals surface area contributed by atoms with Gasteiger partial charge in [0.2, 0.25) is 0 Å². The van der Waals surface area contributed by atoms with E-state index in [2.05, 4.69) is 37.6 Å². The number of nitrogens with zero attached hydrogens (tertiary/aromatic N) is 3. The predicted octanol–water partition coefficient (Wildman–Crippen LogP) is 1.97. The third kappa shape index (κ3) is 5.88. The van der Waals surface area contributed by atoms with Gasteiger partial charge in [-0.2, -0.15) is 0 Å². The number of guanidine groups is 1. The van der Waals surface area contributed by atoms with Crippen LogP contribution in [-0.4, -0.2) is 62.8 Å². The molecule has 2 heterocycles. The van der Waals surface area contributed by atoms with Crippen molar-refractivity contribution < 1.29 is 13.9 Å². The van der Waals surface area contributed by atoms with Crippen LogP contribution in [0.15, 0.2) is 47.6 Å². The Balaban J connectivity index is 1.65. The third-order valence-corrected chi connectivity index (χ3v) is 4.93. The second-order valence-electron chi connectivity index (χ2n) is 6.68. The molecule has 29 heavy (non-hydrogen) atoms. The van der Waals surface area contributed by atoms with Gasteiger partial charge in [-0.1, -0.05) is 12.1 Å². The number of aliphatic imine (C=N–C) groups is 1. The molecule has 3 rings (SSSR count). The van der Waals surface area contributed by atoms with E-state index >= 15 is 0 Å². The van der Waals surface area contributed by atoms with Gasteiger partial charge in [0.25, 0.3) is 0 Å². The lowest BCUT2D eigenvalue weighted by Crippen LogP contribution is -2.46. The van der Waals surface area contributed by atoms with Gasteiger partial charge in [0, 0.05) is 32.9 Å². The Kier molecular flexibility index (Phi) is 7.77. The average Bonchev–Trinajstić information content (AvgIpc) is 2.78. The summed E-state index contributed by atoms with van der Waals surface area (Å²) < 4.78 is 24.6. The van der Waals surface area contributed by atoms with Crippen LogP contribution in [0.4, 0.5) is 4.39 Å². The maximum atomic E-state index is 13.8. The summed E-state index contributed by atoms with van der Waals surface area (Å²) >= 11 is 0. The number of ether oxygens (including phenoxy) is 2. The van der Waals surface area contributed by atoms with Gasteiger partial charge in [0.05, 0.1) is 38.6 Å². The summed E-state index contributed by atoms with van der Waals surface area (Å²) in [6.45, 7) is 4.08. The van der Waals surface area contributed by atoms with E-state index in [4.69, 9.17) is 9.47 Å². The van der Waals surface area contributed by atoms with Crippen molar-refractivity contribution >= 4 is 5.96 Å². The van der Waals surface area contributed by atoms with Crippen LogP contribution in [0.2, 0.25) is 0 Å². The molecule has 0 bridgehead atoms. The van der Waals surface area contributed by atoms with E-state index in [1.54, 1.807) is 26.4 Å². The summed E-state index contributed by atoms with van der Waals surface area (Å²) in [6, 6.07) is 11.2. The third-order valence-electron chi connectivity index (χ3n) is 4.93. The number of hydrogen-bond acceptors (Lipinski definition) is 5. The van der Waals surface area contributed by atoms with E-state index in [1.165, 1.54) is 11.6 Å². The molecule has 0 amide bonds. The molecule has 1 atom stereocenters. The van der Waals surface area contributed by atoms with E-state index in [0.717, 1.165) is 32.1 Å². The summed E-state index contributed by atoms with van der Waals surface area (Å²) in [5.74, 6) is 1.10. The summed E-state index contributed by atoms with van der Waals surface area (Å²) in [7, 11) is 3.36. The zero-order chi connectivity index (χ0) is 20.5. The molecule has 0 saturated carbocycles. The fourth-order valence-corrected chi connectivity index (χ4v) is 3.30. The van der Waals surface area contributed by atoms with Crippen LogP contribution in [0.1, 0.15) is 17.3 Å². The molecular weight excluding hydrogens is 373 g/mol. The number of nitrogens with one attached hydrogen (secondary N) is 2. The standard InChI is InChI=1S/C21H28FN5O2/c1-23-21(25-14-19-18(22)4-3-9-24-19)26-15-20(27-10-12-29-13-11-27)16-5-7-17(28-2)8-6-16/h3-9,20H,10-15H2,1-2H3,(H2,23,25,26). The number of rotatable bonds is 7. The van der Waals surface area contributed by atoms with E-state index in [1.807, 2.05) is 12.1 Å². The SMILES string of the molecule is CN=C(NCc1ncccc1F)NCC(c1ccc(OC)cc1)N1CCOCC1. The molecule has 2 N–H and O–H groups in total. The Morgan fingerprint density at radius 2 is 2.00 bits per heavy atom. The van der Waals surface area contributed by atoms with Crippen molar-refractivity contribution in [2.45, 2.75) is 12.6 Å². The molecule has 2 aromatic rings. The van der Waals surface area contributed by atoms with Gasteiger partial charge in [-0.25, -0.2) is 4.39 Å². The summed E-state index contributed by atoms with van der Waals surface area (Å²) in [5.41, 5.74) is 1.54. The van der Waals surface area contributed by atoms with Crippen LogP contribution in [0.25, 0.3) is 0 Å². The second kappa shape index (κ2) is 10.7. The number of benzene rings is 1. The quantitative estimate of drug-likeness (QED) is 0.546. The van der Waals surface area contributed by atoms with Crippen LogP contribution in [0.5, 0.6) is 5.75 Å². The zero-order valence-corrected chi connectivity index (χ0v) is 16.9. The van der Waals surface area contributed by atoms with Crippen LogP contribution in [0, 0.1) is 5.82 Å². The predicted molar refractivity (Wildman–Crippen MR) is 111 cm³/mol. The van der Waals surface area contributed by atoms with Gasteiger partial charge in [-0.05, 0) is 29.8 Å². The maximum absolute atomic E-state index is 13.8. The van der Waals surface area contributed by atoms with Gasteiger partial charge in [0.15, 0.2) is 5.96 Å². The molecule has 8 heteroatoms. The van der Waals surface area contributed by atoms with Crippen LogP contribution in [0.3, 0.4) is 0 Å². The molecule has 1 aromatic carbocycles. The Morgan fingerprint density at radius 3 is 2.66 bits per heavy atom. The average molecular weight is 401 g/mol. The number of pyridine rings is 1. The van der Waals surface area contributed by atoms with E-state index in [9.17, 15) is 4.39 Å². The minimum Gasteiger partial charge on any atom is -0.497 e. The van der Waals surface area contributed by atoms with Crippen molar-refractivity contribution in [2.24, 2.45) is 4.99 Å². The monoisotopic (exact) mass is 401 g/mol. The fraction of sp³-hybridized carbons (Fsp3) is 0.429. The molecule has 1 saturated heterocycles. The second-order valence-corrected chi connectivity index (χ2v) is 6.68. The van der Waals surface area contributed by atoms with Gasteiger partial charge in [-0.3, -0.25) is 14.9 Å². The highest BCUT2D eigenvalue weighted by atomic mass is 19.1. The van der Waals surface area contributed by atoms with E-state index in [-0.39, 0.29) is 18.4 Å². The van der Waals surface area contributed by atoms with Crippen molar-refractivity contribution in [1.82, 2.24) is 20.5 Å². The van der Waals surface area contributed by atoms with Crippen molar-refractivity contribution in [3.63, 3.8) is 0 Å². The number of halogens is 1.